The number of hydrogen-bond acceptors (Lipinski definition) is 4. The number of aliphatic hydroxyl groups is 1. The largest absolute Gasteiger partial charge is 0.390 e. The Morgan fingerprint density at radius 2 is 2.50 bits per heavy atom. The first-order valence-electron chi connectivity index (χ1n) is 3.05. The molecule has 0 unspecified atom stereocenters. The maximum atomic E-state index is 9.02. The predicted molar refractivity (Wildman–Crippen MR) is 35.1 cm³/mol. The Labute approximate surface area is 58.5 Å². The fourth-order valence-corrected chi connectivity index (χ4v) is 0.621. The highest BCUT2D eigenvalue weighted by molar-refractivity contribution is 4.66. The van der Waals surface area contributed by atoms with Crippen molar-refractivity contribution in [2.24, 2.45) is 5.73 Å². The zero-order chi connectivity index (χ0) is 7.40. The lowest BCUT2D eigenvalue weighted by Gasteiger charge is -2.05. The molecule has 1 aromatic rings. The van der Waals surface area contributed by atoms with Crippen LogP contribution < -0.4 is 5.73 Å². The summed E-state index contributed by atoms with van der Waals surface area (Å²) >= 11 is 0. The van der Waals surface area contributed by atoms with Crippen molar-refractivity contribution >= 4 is 0 Å². The Hall–Kier alpha value is -0.940. The lowest BCUT2D eigenvalue weighted by atomic mass is 10.4. The Balaban J connectivity index is 2.40. The molecule has 5 heteroatoms. The van der Waals surface area contributed by atoms with Gasteiger partial charge in [-0.05, 0) is 0 Å². The molecule has 0 amide bonds. The molecular weight excluding hydrogens is 132 g/mol. The molecule has 0 aromatic carbocycles. The molecule has 0 saturated heterocycles. The normalized spacial score (nSPS) is 13.4. The summed E-state index contributed by atoms with van der Waals surface area (Å²) in [4.78, 5) is 0. The predicted octanol–water partition coefficient (Wildman–Crippen LogP) is -1.40. The third-order valence-corrected chi connectivity index (χ3v) is 1.14. The smallest absolute Gasteiger partial charge is 0.0858 e. The maximum absolute atomic E-state index is 9.02. The van der Waals surface area contributed by atoms with Gasteiger partial charge in [0.05, 0.1) is 18.8 Å². The SMILES string of the molecule is NC[C@@H](O)Cn1ccnn1. The molecule has 0 radical (unpaired) electrons. The van der Waals surface area contributed by atoms with Gasteiger partial charge in [0.2, 0.25) is 0 Å². The molecule has 3 N–H and O–H groups in total. The van der Waals surface area contributed by atoms with E-state index in [9.17, 15) is 0 Å². The lowest BCUT2D eigenvalue weighted by Crippen LogP contribution is -2.25. The van der Waals surface area contributed by atoms with Crippen molar-refractivity contribution < 1.29 is 5.11 Å². The molecule has 1 rings (SSSR count). The molecule has 0 saturated carbocycles. The van der Waals surface area contributed by atoms with Crippen LogP contribution >= 0.6 is 0 Å². The van der Waals surface area contributed by atoms with Crippen LogP contribution in [0.4, 0.5) is 0 Å². The fraction of sp³-hybridized carbons (Fsp3) is 0.600. The summed E-state index contributed by atoms with van der Waals surface area (Å²) < 4.78 is 1.54. The van der Waals surface area contributed by atoms with Crippen LogP contribution in [-0.4, -0.2) is 32.7 Å². The second kappa shape index (κ2) is 3.28. The van der Waals surface area contributed by atoms with Crippen LogP contribution in [0.15, 0.2) is 12.4 Å². The molecule has 0 aliphatic carbocycles. The summed E-state index contributed by atoms with van der Waals surface area (Å²) in [7, 11) is 0. The molecule has 1 heterocycles. The van der Waals surface area contributed by atoms with Crippen LogP contribution in [0, 0.1) is 0 Å². The van der Waals surface area contributed by atoms with Gasteiger partial charge in [0.15, 0.2) is 0 Å². The first-order valence-corrected chi connectivity index (χ1v) is 3.05. The van der Waals surface area contributed by atoms with Gasteiger partial charge in [-0.3, -0.25) is 0 Å². The highest BCUT2D eigenvalue weighted by Crippen LogP contribution is 1.85. The lowest BCUT2D eigenvalue weighted by molar-refractivity contribution is 0.156. The number of hydrogen-bond donors (Lipinski definition) is 2. The van der Waals surface area contributed by atoms with Crippen LogP contribution in [0.1, 0.15) is 0 Å². The topological polar surface area (TPSA) is 77.0 Å². The Morgan fingerprint density at radius 1 is 1.70 bits per heavy atom. The highest BCUT2D eigenvalue weighted by atomic mass is 16.3. The number of nitrogens with zero attached hydrogens (tertiary/aromatic N) is 3. The average Bonchev–Trinajstić information content (AvgIpc) is 2.40. The van der Waals surface area contributed by atoms with E-state index in [1.165, 1.54) is 4.68 Å². The van der Waals surface area contributed by atoms with E-state index in [0.717, 1.165) is 0 Å². The summed E-state index contributed by atoms with van der Waals surface area (Å²) in [6, 6.07) is 0. The van der Waals surface area contributed by atoms with Gasteiger partial charge in [-0.15, -0.1) is 5.10 Å². The minimum atomic E-state index is -0.526. The molecule has 0 aliphatic rings. The minimum absolute atomic E-state index is 0.250. The van der Waals surface area contributed by atoms with Crippen molar-refractivity contribution in [1.82, 2.24) is 15.0 Å². The average molecular weight is 142 g/mol. The monoisotopic (exact) mass is 142 g/mol. The third kappa shape index (κ3) is 1.78. The first-order chi connectivity index (χ1) is 4.83. The van der Waals surface area contributed by atoms with Crippen molar-refractivity contribution in [2.75, 3.05) is 6.54 Å². The zero-order valence-electron chi connectivity index (χ0n) is 5.51. The van der Waals surface area contributed by atoms with Gasteiger partial charge in [-0.2, -0.15) is 0 Å². The Morgan fingerprint density at radius 3 is 3.00 bits per heavy atom. The number of aliphatic hydroxyl groups excluding tert-OH is 1. The van der Waals surface area contributed by atoms with Crippen molar-refractivity contribution in [3.8, 4) is 0 Å². The van der Waals surface area contributed by atoms with E-state index >= 15 is 0 Å². The fourth-order valence-electron chi connectivity index (χ4n) is 0.621. The molecule has 0 fully saturated rings. The molecular formula is C5H10N4O. The van der Waals surface area contributed by atoms with Crippen LogP contribution in [0.3, 0.4) is 0 Å². The van der Waals surface area contributed by atoms with Crippen molar-refractivity contribution in [3.63, 3.8) is 0 Å². The molecule has 0 spiro atoms. The van der Waals surface area contributed by atoms with Gasteiger partial charge in [0.1, 0.15) is 0 Å². The third-order valence-electron chi connectivity index (χ3n) is 1.14. The van der Waals surface area contributed by atoms with Crippen molar-refractivity contribution in [3.05, 3.63) is 12.4 Å². The second-order valence-corrected chi connectivity index (χ2v) is 2.01. The quantitative estimate of drug-likeness (QED) is 0.544. The molecule has 5 nitrogen and oxygen atoms in total. The standard InChI is InChI=1S/C5H10N4O/c6-3-5(10)4-9-2-1-7-8-9/h1-2,5,10H,3-4,6H2/t5-/m1/s1. The van der Waals surface area contributed by atoms with E-state index in [1.807, 2.05) is 0 Å². The number of aromatic nitrogens is 3. The van der Waals surface area contributed by atoms with Gasteiger partial charge in [-0.25, -0.2) is 4.68 Å². The molecule has 1 aromatic heterocycles. The van der Waals surface area contributed by atoms with Gasteiger partial charge >= 0.3 is 0 Å². The van der Waals surface area contributed by atoms with Crippen molar-refractivity contribution in [1.29, 1.82) is 0 Å². The van der Waals surface area contributed by atoms with Gasteiger partial charge in [-0.1, -0.05) is 5.21 Å². The van der Waals surface area contributed by atoms with Gasteiger partial charge in [0.25, 0.3) is 0 Å². The number of rotatable bonds is 3. The summed E-state index contributed by atoms with van der Waals surface area (Å²) in [6.45, 7) is 0.663. The minimum Gasteiger partial charge on any atom is -0.390 e. The van der Waals surface area contributed by atoms with Gasteiger partial charge in [0, 0.05) is 12.7 Å². The van der Waals surface area contributed by atoms with E-state index in [0.29, 0.717) is 6.54 Å². The summed E-state index contributed by atoms with van der Waals surface area (Å²) in [5, 5.41) is 16.2. The van der Waals surface area contributed by atoms with Crippen LogP contribution in [-0.2, 0) is 6.54 Å². The van der Waals surface area contributed by atoms with E-state index in [2.05, 4.69) is 10.3 Å². The molecule has 56 valence electrons. The van der Waals surface area contributed by atoms with E-state index in [1.54, 1.807) is 12.4 Å². The highest BCUT2D eigenvalue weighted by Gasteiger charge is 2.00. The van der Waals surface area contributed by atoms with E-state index < -0.39 is 6.10 Å². The van der Waals surface area contributed by atoms with Gasteiger partial charge < -0.3 is 10.8 Å². The second-order valence-electron chi connectivity index (χ2n) is 2.01. The Kier molecular flexibility index (Phi) is 2.35. The Bertz CT molecular complexity index is 174. The van der Waals surface area contributed by atoms with E-state index in [-0.39, 0.29) is 6.54 Å². The van der Waals surface area contributed by atoms with Crippen molar-refractivity contribution in [2.45, 2.75) is 12.6 Å². The molecule has 1 atom stereocenters. The van der Waals surface area contributed by atoms with E-state index in [4.69, 9.17) is 10.8 Å². The summed E-state index contributed by atoms with van der Waals surface area (Å²) in [5.74, 6) is 0. The zero-order valence-corrected chi connectivity index (χ0v) is 5.51. The molecule has 0 bridgehead atoms. The van der Waals surface area contributed by atoms with Crippen LogP contribution in [0.5, 0.6) is 0 Å². The summed E-state index contributed by atoms with van der Waals surface area (Å²) in [6.07, 6.45) is 2.71. The van der Waals surface area contributed by atoms with Crippen LogP contribution in [0.2, 0.25) is 0 Å². The molecule has 10 heavy (non-hydrogen) atoms. The number of nitrogens with two attached hydrogens (primary N) is 1. The summed E-state index contributed by atoms with van der Waals surface area (Å²) in [5.41, 5.74) is 5.18. The maximum Gasteiger partial charge on any atom is 0.0858 e. The molecule has 0 aliphatic heterocycles. The van der Waals surface area contributed by atoms with Crippen LogP contribution in [0.25, 0.3) is 0 Å². The first kappa shape index (κ1) is 7.17.